The fourth-order valence-corrected chi connectivity index (χ4v) is 3.82. The predicted molar refractivity (Wildman–Crippen MR) is 92.7 cm³/mol. The molecule has 0 radical (unpaired) electrons. The molecule has 0 aromatic carbocycles. The van der Waals surface area contributed by atoms with Gasteiger partial charge in [0.1, 0.15) is 17.1 Å². The summed E-state index contributed by atoms with van der Waals surface area (Å²) in [7, 11) is 0. The minimum Gasteiger partial charge on any atom is -0.368 e. The Bertz CT molecular complexity index is 773. The SMILES string of the molecule is CCSc1nnc(N)n1C(C)C(=O)Nc1sc(C)c(C)c1C#N. The van der Waals surface area contributed by atoms with Gasteiger partial charge in [0, 0.05) is 4.88 Å². The van der Waals surface area contributed by atoms with E-state index in [0.717, 1.165) is 16.2 Å². The number of aromatic nitrogens is 3. The van der Waals surface area contributed by atoms with Crippen molar-refractivity contribution in [2.75, 3.05) is 16.8 Å². The Morgan fingerprint density at radius 1 is 1.52 bits per heavy atom. The molecule has 0 aliphatic rings. The highest BCUT2D eigenvalue weighted by molar-refractivity contribution is 7.99. The van der Waals surface area contributed by atoms with E-state index in [1.165, 1.54) is 23.1 Å². The number of aryl methyl sites for hydroxylation is 1. The van der Waals surface area contributed by atoms with Gasteiger partial charge in [0.25, 0.3) is 0 Å². The van der Waals surface area contributed by atoms with E-state index >= 15 is 0 Å². The second-order valence-electron chi connectivity index (χ2n) is 4.91. The number of thiophene rings is 1. The van der Waals surface area contributed by atoms with Gasteiger partial charge in [0.2, 0.25) is 11.9 Å². The molecule has 7 nitrogen and oxygen atoms in total. The third-order valence-corrected chi connectivity index (χ3v) is 5.41. The zero-order valence-electron chi connectivity index (χ0n) is 13.4. The van der Waals surface area contributed by atoms with Crippen molar-refractivity contribution in [3.05, 3.63) is 16.0 Å². The van der Waals surface area contributed by atoms with Gasteiger partial charge in [-0.25, -0.2) is 0 Å². The summed E-state index contributed by atoms with van der Waals surface area (Å²) in [6.45, 7) is 7.51. The maximum absolute atomic E-state index is 12.6. The third kappa shape index (κ3) is 3.33. The Labute approximate surface area is 142 Å². The first-order valence-electron chi connectivity index (χ1n) is 7.04. The normalized spacial score (nSPS) is 12.0. The molecule has 9 heteroatoms. The molecule has 0 bridgehead atoms. The van der Waals surface area contributed by atoms with E-state index in [-0.39, 0.29) is 11.9 Å². The highest BCUT2D eigenvalue weighted by Gasteiger charge is 2.24. The molecule has 1 unspecified atom stereocenters. The Morgan fingerprint density at radius 2 is 2.22 bits per heavy atom. The van der Waals surface area contributed by atoms with Gasteiger partial charge in [-0.1, -0.05) is 18.7 Å². The summed E-state index contributed by atoms with van der Waals surface area (Å²) in [4.78, 5) is 13.6. The zero-order valence-corrected chi connectivity index (χ0v) is 15.0. The van der Waals surface area contributed by atoms with E-state index in [0.29, 0.717) is 15.7 Å². The van der Waals surface area contributed by atoms with Crippen LogP contribution in [-0.2, 0) is 4.79 Å². The molecule has 122 valence electrons. The second kappa shape index (κ2) is 7.02. The van der Waals surface area contributed by atoms with Crippen LogP contribution in [0.1, 0.15) is 35.9 Å². The van der Waals surface area contributed by atoms with Crippen molar-refractivity contribution in [2.24, 2.45) is 0 Å². The molecule has 2 aromatic heterocycles. The lowest BCUT2D eigenvalue weighted by atomic mass is 10.2. The lowest BCUT2D eigenvalue weighted by Crippen LogP contribution is -2.25. The molecule has 23 heavy (non-hydrogen) atoms. The van der Waals surface area contributed by atoms with Crippen LogP contribution in [0.5, 0.6) is 0 Å². The maximum Gasteiger partial charge on any atom is 0.248 e. The molecule has 0 aliphatic heterocycles. The van der Waals surface area contributed by atoms with Crippen LogP contribution < -0.4 is 11.1 Å². The quantitative estimate of drug-likeness (QED) is 0.802. The van der Waals surface area contributed by atoms with Crippen LogP contribution in [-0.4, -0.2) is 26.4 Å². The lowest BCUT2D eigenvalue weighted by molar-refractivity contribution is -0.118. The van der Waals surface area contributed by atoms with Gasteiger partial charge < -0.3 is 11.1 Å². The number of nitrogens with zero attached hydrogens (tertiary/aromatic N) is 4. The number of anilines is 2. The van der Waals surface area contributed by atoms with E-state index in [1.807, 2.05) is 20.8 Å². The number of nitrogens with one attached hydrogen (secondary N) is 1. The van der Waals surface area contributed by atoms with Crippen LogP contribution in [0.25, 0.3) is 0 Å². The van der Waals surface area contributed by atoms with Gasteiger partial charge in [-0.05, 0) is 32.1 Å². The number of thioether (sulfide) groups is 1. The number of rotatable bonds is 5. The summed E-state index contributed by atoms with van der Waals surface area (Å²) in [6, 6.07) is 1.57. The fraction of sp³-hybridized carbons (Fsp3) is 0.429. The van der Waals surface area contributed by atoms with Crippen LogP contribution in [0.2, 0.25) is 0 Å². The Hall–Kier alpha value is -2.05. The average molecular weight is 350 g/mol. The Morgan fingerprint density at radius 3 is 2.83 bits per heavy atom. The van der Waals surface area contributed by atoms with Crippen molar-refractivity contribution in [3.8, 4) is 6.07 Å². The first-order chi connectivity index (χ1) is 10.9. The fourth-order valence-electron chi connectivity index (χ4n) is 2.06. The van der Waals surface area contributed by atoms with Crippen LogP contribution in [0.4, 0.5) is 10.9 Å². The molecule has 0 aliphatic carbocycles. The molecule has 2 heterocycles. The first kappa shape index (κ1) is 17.3. The van der Waals surface area contributed by atoms with Crippen LogP contribution >= 0.6 is 23.1 Å². The number of hydrogen-bond acceptors (Lipinski definition) is 7. The van der Waals surface area contributed by atoms with Crippen LogP contribution in [0.15, 0.2) is 5.16 Å². The van der Waals surface area contributed by atoms with Crippen molar-refractivity contribution in [1.82, 2.24) is 14.8 Å². The topological polar surface area (TPSA) is 110 Å². The molecule has 0 saturated heterocycles. The van der Waals surface area contributed by atoms with Crippen LogP contribution in [0.3, 0.4) is 0 Å². The molecule has 3 N–H and O–H groups in total. The van der Waals surface area contributed by atoms with Gasteiger partial charge >= 0.3 is 0 Å². The molecule has 2 aromatic rings. The number of carbonyl (C=O) groups excluding carboxylic acids is 1. The predicted octanol–water partition coefficient (Wildman–Crippen LogP) is 2.72. The van der Waals surface area contributed by atoms with Gasteiger partial charge in [0.15, 0.2) is 5.16 Å². The van der Waals surface area contributed by atoms with Crippen molar-refractivity contribution in [2.45, 2.75) is 38.9 Å². The third-order valence-electron chi connectivity index (χ3n) is 3.46. The van der Waals surface area contributed by atoms with Crippen LogP contribution in [0, 0.1) is 25.2 Å². The van der Waals surface area contributed by atoms with Gasteiger partial charge in [-0.3, -0.25) is 9.36 Å². The number of nitrogen functional groups attached to an aromatic ring is 1. The van der Waals surface area contributed by atoms with Crippen molar-refractivity contribution >= 4 is 40.0 Å². The summed E-state index contributed by atoms with van der Waals surface area (Å²) in [5.74, 6) is 0.740. The van der Waals surface area contributed by atoms with E-state index in [2.05, 4.69) is 21.6 Å². The number of hydrogen-bond donors (Lipinski definition) is 2. The van der Waals surface area contributed by atoms with Crippen molar-refractivity contribution < 1.29 is 4.79 Å². The summed E-state index contributed by atoms with van der Waals surface area (Å²) in [5, 5.41) is 21.1. The van der Waals surface area contributed by atoms with Crippen molar-refractivity contribution in [3.63, 3.8) is 0 Å². The minimum atomic E-state index is -0.576. The molecule has 2 rings (SSSR count). The van der Waals surface area contributed by atoms with E-state index in [4.69, 9.17) is 5.73 Å². The number of carbonyl (C=O) groups is 1. The highest BCUT2D eigenvalue weighted by atomic mass is 32.2. The molecular formula is C14H18N6OS2. The monoisotopic (exact) mass is 350 g/mol. The minimum absolute atomic E-state index is 0.197. The number of nitrogens with two attached hydrogens (primary N) is 1. The standard InChI is InChI=1S/C14H18N6OS2/c1-5-22-14-19-18-13(16)20(14)8(3)11(21)17-12-10(6-15)7(2)9(4)23-12/h8H,5H2,1-4H3,(H2,16,18)(H,17,21). The molecular weight excluding hydrogens is 332 g/mol. The number of amides is 1. The average Bonchev–Trinajstić information content (AvgIpc) is 2.99. The maximum atomic E-state index is 12.6. The van der Waals surface area contributed by atoms with Crippen molar-refractivity contribution in [1.29, 1.82) is 5.26 Å². The van der Waals surface area contributed by atoms with E-state index in [1.54, 1.807) is 11.5 Å². The van der Waals surface area contributed by atoms with E-state index in [9.17, 15) is 10.1 Å². The number of nitriles is 1. The summed E-state index contributed by atoms with van der Waals surface area (Å²) < 4.78 is 1.60. The smallest absolute Gasteiger partial charge is 0.248 e. The second-order valence-corrected chi connectivity index (χ2v) is 7.36. The molecule has 0 fully saturated rings. The summed E-state index contributed by atoms with van der Waals surface area (Å²) >= 11 is 2.86. The molecule has 1 atom stereocenters. The highest BCUT2D eigenvalue weighted by Crippen LogP contribution is 2.32. The lowest BCUT2D eigenvalue weighted by Gasteiger charge is -2.15. The Balaban J connectivity index is 2.27. The largest absolute Gasteiger partial charge is 0.368 e. The first-order valence-corrected chi connectivity index (χ1v) is 8.85. The Kier molecular flexibility index (Phi) is 5.28. The molecule has 1 amide bonds. The zero-order chi connectivity index (χ0) is 17.1. The summed E-state index contributed by atoms with van der Waals surface area (Å²) in [5.41, 5.74) is 7.24. The van der Waals surface area contributed by atoms with Gasteiger partial charge in [-0.2, -0.15) is 5.26 Å². The summed E-state index contributed by atoms with van der Waals surface area (Å²) in [6.07, 6.45) is 0. The van der Waals surface area contributed by atoms with Gasteiger partial charge in [-0.15, -0.1) is 21.5 Å². The molecule has 0 spiro atoms. The van der Waals surface area contributed by atoms with E-state index < -0.39 is 6.04 Å². The molecule has 0 saturated carbocycles. The van der Waals surface area contributed by atoms with Gasteiger partial charge in [0.05, 0.1) is 5.56 Å².